The fourth-order valence-electron chi connectivity index (χ4n) is 1.49. The van der Waals surface area contributed by atoms with E-state index in [4.69, 9.17) is 5.11 Å². The first-order chi connectivity index (χ1) is 7.63. The fourth-order valence-corrected chi connectivity index (χ4v) is 1.49. The number of aldehydes is 1. The van der Waals surface area contributed by atoms with Crippen molar-refractivity contribution < 1.29 is 14.7 Å². The molecule has 3 nitrogen and oxygen atoms in total. The van der Waals surface area contributed by atoms with Gasteiger partial charge < -0.3 is 9.90 Å². The van der Waals surface area contributed by atoms with Crippen LogP contribution in [0.4, 0.5) is 0 Å². The van der Waals surface area contributed by atoms with Gasteiger partial charge in [0.2, 0.25) is 0 Å². The summed E-state index contributed by atoms with van der Waals surface area (Å²) in [6.07, 6.45) is 4.82. The third-order valence-electron chi connectivity index (χ3n) is 2.32. The number of carboxylic acids is 1. The van der Waals surface area contributed by atoms with Crippen molar-refractivity contribution in [3.8, 4) is 0 Å². The van der Waals surface area contributed by atoms with E-state index in [0.717, 1.165) is 35.5 Å². The van der Waals surface area contributed by atoms with E-state index < -0.39 is 5.97 Å². The molecule has 0 fully saturated rings. The summed E-state index contributed by atoms with van der Waals surface area (Å²) in [6, 6.07) is 5.70. The molecule has 0 heterocycles. The zero-order chi connectivity index (χ0) is 12.0. The summed E-state index contributed by atoms with van der Waals surface area (Å²) in [5.41, 5.74) is 3.06. The van der Waals surface area contributed by atoms with E-state index in [-0.39, 0.29) is 0 Å². The summed E-state index contributed by atoms with van der Waals surface area (Å²) in [7, 11) is 0. The van der Waals surface area contributed by atoms with Crippen LogP contribution in [0.2, 0.25) is 0 Å². The van der Waals surface area contributed by atoms with E-state index in [2.05, 4.69) is 0 Å². The van der Waals surface area contributed by atoms with Gasteiger partial charge in [0, 0.05) is 12.5 Å². The molecular weight excluding hydrogens is 204 g/mol. The zero-order valence-corrected chi connectivity index (χ0v) is 9.14. The van der Waals surface area contributed by atoms with Crippen LogP contribution < -0.4 is 0 Å². The van der Waals surface area contributed by atoms with Crippen molar-refractivity contribution in [3.63, 3.8) is 0 Å². The van der Waals surface area contributed by atoms with Gasteiger partial charge in [-0.1, -0.05) is 18.2 Å². The minimum absolute atomic E-state index is 0.519. The predicted octanol–water partition coefficient (Wildman–Crippen LogP) is 2.22. The third kappa shape index (κ3) is 3.69. The number of rotatable bonds is 5. The quantitative estimate of drug-likeness (QED) is 0.609. The summed E-state index contributed by atoms with van der Waals surface area (Å²) < 4.78 is 0. The molecule has 0 saturated carbocycles. The predicted molar refractivity (Wildman–Crippen MR) is 62.2 cm³/mol. The normalized spacial score (nSPS) is 10.6. The average molecular weight is 218 g/mol. The second-order valence-electron chi connectivity index (χ2n) is 3.56. The smallest absolute Gasteiger partial charge is 0.328 e. The molecule has 1 aromatic rings. The van der Waals surface area contributed by atoms with E-state index in [1.807, 2.05) is 25.1 Å². The second-order valence-corrected chi connectivity index (χ2v) is 3.56. The number of aliphatic carboxylic acids is 1. The number of hydrogen-bond donors (Lipinski definition) is 1. The minimum Gasteiger partial charge on any atom is -0.478 e. The maximum absolute atomic E-state index is 10.3. The Balaban J connectivity index is 2.82. The first-order valence-electron chi connectivity index (χ1n) is 5.07. The molecule has 0 saturated heterocycles. The lowest BCUT2D eigenvalue weighted by molar-refractivity contribution is -0.131. The van der Waals surface area contributed by atoms with Crippen LogP contribution in [-0.2, 0) is 16.0 Å². The Labute approximate surface area is 94.4 Å². The molecule has 0 radical (unpaired) electrons. The van der Waals surface area contributed by atoms with Crippen LogP contribution in [0.3, 0.4) is 0 Å². The van der Waals surface area contributed by atoms with Crippen molar-refractivity contribution in [2.75, 3.05) is 0 Å². The Hall–Kier alpha value is -1.90. The van der Waals surface area contributed by atoms with E-state index >= 15 is 0 Å². The molecule has 1 aromatic carbocycles. The maximum Gasteiger partial charge on any atom is 0.328 e. The summed E-state index contributed by atoms with van der Waals surface area (Å²) in [5, 5.41) is 8.49. The lowest BCUT2D eigenvalue weighted by Gasteiger charge is -2.04. The molecule has 3 heteroatoms. The summed E-state index contributed by atoms with van der Waals surface area (Å²) in [6.45, 7) is 1.96. The van der Waals surface area contributed by atoms with Gasteiger partial charge in [-0.25, -0.2) is 4.79 Å². The van der Waals surface area contributed by atoms with Crippen LogP contribution in [0.5, 0.6) is 0 Å². The molecule has 0 spiro atoms. The third-order valence-corrected chi connectivity index (χ3v) is 2.32. The maximum atomic E-state index is 10.3. The van der Waals surface area contributed by atoms with Gasteiger partial charge in [0.1, 0.15) is 6.29 Å². The Bertz CT molecular complexity index is 419. The largest absolute Gasteiger partial charge is 0.478 e. The molecule has 16 heavy (non-hydrogen) atoms. The average Bonchev–Trinajstić information content (AvgIpc) is 2.25. The summed E-state index contributed by atoms with van der Waals surface area (Å²) >= 11 is 0. The van der Waals surface area contributed by atoms with Gasteiger partial charge in [0.25, 0.3) is 0 Å². The highest BCUT2D eigenvalue weighted by Gasteiger charge is 1.98. The molecule has 0 aliphatic rings. The van der Waals surface area contributed by atoms with Crippen LogP contribution in [0.25, 0.3) is 6.08 Å². The molecule has 0 atom stereocenters. The van der Waals surface area contributed by atoms with Crippen molar-refractivity contribution in [1.29, 1.82) is 0 Å². The van der Waals surface area contributed by atoms with E-state index in [1.54, 1.807) is 6.08 Å². The summed E-state index contributed by atoms with van der Waals surface area (Å²) in [4.78, 5) is 20.6. The number of hydrogen-bond acceptors (Lipinski definition) is 2. The molecule has 0 aliphatic heterocycles. The van der Waals surface area contributed by atoms with Gasteiger partial charge in [-0.15, -0.1) is 0 Å². The minimum atomic E-state index is -0.956. The molecule has 84 valence electrons. The second kappa shape index (κ2) is 5.85. The number of carbonyl (C=O) groups excluding carboxylic acids is 1. The van der Waals surface area contributed by atoms with Crippen LogP contribution in [0.15, 0.2) is 24.3 Å². The Kier molecular flexibility index (Phi) is 4.45. The van der Waals surface area contributed by atoms with Crippen molar-refractivity contribution in [2.45, 2.75) is 19.8 Å². The highest BCUT2D eigenvalue weighted by atomic mass is 16.4. The number of carbonyl (C=O) groups is 2. The highest BCUT2D eigenvalue weighted by molar-refractivity contribution is 5.85. The van der Waals surface area contributed by atoms with Crippen LogP contribution >= 0.6 is 0 Å². The fraction of sp³-hybridized carbons (Fsp3) is 0.231. The van der Waals surface area contributed by atoms with Gasteiger partial charge in [0.05, 0.1) is 0 Å². The van der Waals surface area contributed by atoms with Gasteiger partial charge in [-0.05, 0) is 36.1 Å². The van der Waals surface area contributed by atoms with Gasteiger partial charge in [0.15, 0.2) is 0 Å². The molecule has 0 amide bonds. The zero-order valence-electron chi connectivity index (χ0n) is 9.14. The lowest BCUT2D eigenvalue weighted by atomic mass is 10.0. The van der Waals surface area contributed by atoms with Crippen LogP contribution in [0, 0.1) is 6.92 Å². The van der Waals surface area contributed by atoms with E-state index in [1.165, 1.54) is 0 Å². The monoisotopic (exact) mass is 218 g/mol. The Morgan fingerprint density at radius 3 is 2.75 bits per heavy atom. The van der Waals surface area contributed by atoms with Crippen molar-refractivity contribution in [2.24, 2.45) is 0 Å². The van der Waals surface area contributed by atoms with Crippen LogP contribution in [-0.4, -0.2) is 17.4 Å². The number of carboxylic acid groups (broad SMARTS) is 1. The number of aryl methyl sites for hydroxylation is 2. The van der Waals surface area contributed by atoms with E-state index in [9.17, 15) is 9.59 Å². The number of benzene rings is 1. The topological polar surface area (TPSA) is 54.4 Å². The van der Waals surface area contributed by atoms with E-state index in [0.29, 0.717) is 6.42 Å². The molecule has 0 aromatic heterocycles. The van der Waals surface area contributed by atoms with Crippen molar-refractivity contribution in [1.82, 2.24) is 0 Å². The van der Waals surface area contributed by atoms with Gasteiger partial charge in [-0.2, -0.15) is 0 Å². The molecule has 0 bridgehead atoms. The van der Waals surface area contributed by atoms with Gasteiger partial charge >= 0.3 is 5.97 Å². The summed E-state index contributed by atoms with van der Waals surface area (Å²) in [5.74, 6) is -0.956. The first kappa shape index (κ1) is 12.2. The molecule has 1 rings (SSSR count). The van der Waals surface area contributed by atoms with Gasteiger partial charge in [-0.3, -0.25) is 0 Å². The van der Waals surface area contributed by atoms with Crippen LogP contribution in [0.1, 0.15) is 23.1 Å². The molecule has 0 unspecified atom stereocenters. The molecule has 1 N–H and O–H groups in total. The van der Waals surface area contributed by atoms with Crippen molar-refractivity contribution >= 4 is 18.3 Å². The first-order valence-corrected chi connectivity index (χ1v) is 5.07. The standard InChI is InChI=1S/C13H14O3/c1-10-9-11(5-7-13(15)16)4-6-12(10)3-2-8-14/h4-9H,2-3H2,1H3,(H,15,16)/b7-5+. The Morgan fingerprint density at radius 1 is 1.44 bits per heavy atom. The highest BCUT2D eigenvalue weighted by Crippen LogP contribution is 2.13. The van der Waals surface area contributed by atoms with Crippen molar-refractivity contribution in [3.05, 3.63) is 41.0 Å². The SMILES string of the molecule is Cc1cc(/C=C/C(=O)O)ccc1CCC=O. The Morgan fingerprint density at radius 2 is 2.19 bits per heavy atom. The molecule has 0 aliphatic carbocycles. The lowest BCUT2D eigenvalue weighted by Crippen LogP contribution is -1.91. The molecular formula is C13H14O3.